The number of hydrogen-bond acceptors (Lipinski definition) is 6. The molecule has 6 nitrogen and oxygen atoms in total. The topological polar surface area (TPSA) is 101 Å². The van der Waals surface area contributed by atoms with Crippen LogP contribution in [-0.2, 0) is 0 Å². The first-order valence-electron chi connectivity index (χ1n) is 7.03. The molecule has 0 bridgehead atoms. The molecule has 112 valence electrons. The Balaban J connectivity index is 1.76. The molecule has 7 heteroatoms. The number of nitrogen functional groups attached to an aromatic ring is 1. The fourth-order valence-electron chi connectivity index (χ4n) is 2.88. The van der Waals surface area contributed by atoms with Crippen molar-refractivity contribution in [3.05, 3.63) is 17.3 Å². The zero-order valence-corrected chi connectivity index (χ0v) is 12.4. The molecule has 2 aromatic rings. The number of anilines is 1. The molecule has 0 aliphatic heterocycles. The van der Waals surface area contributed by atoms with E-state index in [9.17, 15) is 9.90 Å². The van der Waals surface area contributed by atoms with E-state index in [4.69, 9.17) is 5.73 Å². The van der Waals surface area contributed by atoms with Crippen molar-refractivity contribution in [3.63, 3.8) is 0 Å². The summed E-state index contributed by atoms with van der Waals surface area (Å²) in [5.74, 6) is -0.211. The van der Waals surface area contributed by atoms with Crippen LogP contribution in [0.5, 0.6) is 0 Å². The highest BCUT2D eigenvalue weighted by Gasteiger charge is 2.33. The zero-order valence-electron chi connectivity index (χ0n) is 11.6. The molecule has 0 unspecified atom stereocenters. The Hall–Kier alpha value is -1.73. The van der Waals surface area contributed by atoms with E-state index in [-0.39, 0.29) is 17.9 Å². The number of amides is 1. The van der Waals surface area contributed by atoms with E-state index in [1.165, 1.54) is 11.3 Å². The van der Waals surface area contributed by atoms with Gasteiger partial charge in [-0.2, -0.15) is 0 Å². The minimum absolute atomic E-state index is 0.109. The lowest BCUT2D eigenvalue weighted by Crippen LogP contribution is -2.38. The van der Waals surface area contributed by atoms with Crippen LogP contribution in [0.1, 0.15) is 35.4 Å². The average molecular weight is 306 g/mol. The summed E-state index contributed by atoms with van der Waals surface area (Å²) in [6.07, 6.45) is 7.26. The number of aliphatic hydroxyl groups excluding tert-OH is 1. The predicted molar refractivity (Wildman–Crippen MR) is 82.1 cm³/mol. The number of nitrogens with two attached hydrogens (primary N) is 1. The van der Waals surface area contributed by atoms with Crippen LogP contribution in [0.25, 0.3) is 10.3 Å². The summed E-state index contributed by atoms with van der Waals surface area (Å²) in [7, 11) is 0. The highest BCUT2D eigenvalue weighted by atomic mass is 32.1. The van der Waals surface area contributed by atoms with Crippen LogP contribution in [0, 0.1) is 5.41 Å². The summed E-state index contributed by atoms with van der Waals surface area (Å²) in [5.41, 5.74) is 6.77. The van der Waals surface area contributed by atoms with Gasteiger partial charge in [0.05, 0.1) is 12.3 Å². The third-order valence-electron chi connectivity index (χ3n) is 4.19. The molecule has 0 radical (unpaired) electrons. The molecule has 0 aromatic carbocycles. The van der Waals surface area contributed by atoms with Gasteiger partial charge in [-0.15, -0.1) is 11.3 Å². The number of rotatable bonds is 4. The Kier molecular flexibility index (Phi) is 3.77. The van der Waals surface area contributed by atoms with Crippen LogP contribution >= 0.6 is 11.3 Å². The fourth-order valence-corrected chi connectivity index (χ4v) is 3.81. The normalized spacial score (nSPS) is 17.2. The van der Waals surface area contributed by atoms with Crippen molar-refractivity contribution < 1.29 is 9.90 Å². The van der Waals surface area contributed by atoms with Crippen LogP contribution in [0.3, 0.4) is 0 Å². The van der Waals surface area contributed by atoms with Crippen LogP contribution in [0.2, 0.25) is 0 Å². The Labute approximate surface area is 126 Å². The molecular weight excluding hydrogens is 288 g/mol. The second-order valence-electron chi connectivity index (χ2n) is 5.60. The van der Waals surface area contributed by atoms with Gasteiger partial charge in [-0.05, 0) is 12.8 Å². The average Bonchev–Trinajstić information content (AvgIpc) is 3.11. The second kappa shape index (κ2) is 5.57. The van der Waals surface area contributed by atoms with Gasteiger partial charge in [-0.3, -0.25) is 4.79 Å². The summed E-state index contributed by atoms with van der Waals surface area (Å²) < 4.78 is 0. The van der Waals surface area contributed by atoms with E-state index in [0.717, 1.165) is 25.7 Å². The van der Waals surface area contributed by atoms with Gasteiger partial charge >= 0.3 is 0 Å². The van der Waals surface area contributed by atoms with E-state index in [2.05, 4.69) is 15.3 Å². The predicted octanol–water partition coefficient (Wildman–Crippen LogP) is 1.56. The van der Waals surface area contributed by atoms with Gasteiger partial charge in [-0.25, -0.2) is 9.97 Å². The van der Waals surface area contributed by atoms with Crippen LogP contribution < -0.4 is 11.1 Å². The van der Waals surface area contributed by atoms with Gasteiger partial charge in [-0.1, -0.05) is 12.8 Å². The fraction of sp³-hybridized carbons (Fsp3) is 0.500. The highest BCUT2D eigenvalue weighted by Crippen LogP contribution is 2.37. The minimum atomic E-state index is -0.211. The van der Waals surface area contributed by atoms with Crippen molar-refractivity contribution in [2.24, 2.45) is 5.41 Å². The number of carbonyl (C=O) groups is 1. The molecular formula is C14H18N4O2S. The molecule has 2 aromatic heterocycles. The Morgan fingerprint density at radius 1 is 1.38 bits per heavy atom. The summed E-state index contributed by atoms with van der Waals surface area (Å²) >= 11 is 1.25. The summed E-state index contributed by atoms with van der Waals surface area (Å²) in [5, 5.41) is 12.5. The molecule has 0 saturated heterocycles. The molecule has 0 atom stereocenters. The Bertz CT molecular complexity index is 664. The number of nitrogens with zero attached hydrogens (tertiary/aromatic N) is 2. The zero-order chi connectivity index (χ0) is 14.9. The summed E-state index contributed by atoms with van der Waals surface area (Å²) in [6, 6.07) is 0. The second-order valence-corrected chi connectivity index (χ2v) is 6.60. The number of nitrogens with one attached hydrogen (secondary N) is 1. The Morgan fingerprint density at radius 3 is 2.76 bits per heavy atom. The van der Waals surface area contributed by atoms with E-state index < -0.39 is 0 Å². The van der Waals surface area contributed by atoms with Crippen molar-refractivity contribution in [2.45, 2.75) is 25.7 Å². The van der Waals surface area contributed by atoms with Crippen molar-refractivity contribution >= 4 is 33.3 Å². The first-order chi connectivity index (χ1) is 10.2. The lowest BCUT2D eigenvalue weighted by atomic mass is 9.87. The third kappa shape index (κ3) is 2.58. The maximum absolute atomic E-state index is 12.3. The summed E-state index contributed by atoms with van der Waals surface area (Å²) in [6.45, 7) is 0.592. The van der Waals surface area contributed by atoms with Crippen LogP contribution in [0.4, 0.5) is 5.69 Å². The quantitative estimate of drug-likeness (QED) is 0.795. The van der Waals surface area contributed by atoms with Crippen molar-refractivity contribution in [3.8, 4) is 0 Å². The van der Waals surface area contributed by atoms with Gasteiger partial charge in [0.2, 0.25) is 0 Å². The standard InChI is InChI=1S/C14H18N4O2S/c15-9-10-13(17-6-5-16-10)21-11(9)12(20)18-7-14(8-19)3-1-2-4-14/h5-6,19H,1-4,7-8,15H2,(H,18,20). The van der Waals surface area contributed by atoms with Gasteiger partial charge in [0, 0.05) is 24.4 Å². The molecule has 0 spiro atoms. The molecule has 2 heterocycles. The number of hydrogen-bond donors (Lipinski definition) is 3. The molecule has 1 saturated carbocycles. The van der Waals surface area contributed by atoms with E-state index in [1.807, 2.05) is 0 Å². The Morgan fingerprint density at radius 2 is 2.10 bits per heavy atom. The van der Waals surface area contributed by atoms with Crippen molar-refractivity contribution in [1.82, 2.24) is 15.3 Å². The van der Waals surface area contributed by atoms with E-state index >= 15 is 0 Å². The summed E-state index contributed by atoms with van der Waals surface area (Å²) in [4.78, 5) is 21.8. The number of carbonyl (C=O) groups excluding carboxylic acids is 1. The monoisotopic (exact) mass is 306 g/mol. The first kappa shape index (κ1) is 14.2. The van der Waals surface area contributed by atoms with Crippen molar-refractivity contribution in [2.75, 3.05) is 18.9 Å². The van der Waals surface area contributed by atoms with Gasteiger partial charge in [0.25, 0.3) is 5.91 Å². The van der Waals surface area contributed by atoms with Gasteiger partial charge in [0.15, 0.2) is 0 Å². The molecule has 1 aliphatic carbocycles. The minimum Gasteiger partial charge on any atom is -0.396 e. The highest BCUT2D eigenvalue weighted by molar-refractivity contribution is 7.21. The van der Waals surface area contributed by atoms with Crippen LogP contribution in [-0.4, -0.2) is 34.1 Å². The molecule has 4 N–H and O–H groups in total. The van der Waals surface area contributed by atoms with Crippen LogP contribution in [0.15, 0.2) is 12.4 Å². The number of aliphatic hydroxyl groups is 1. The smallest absolute Gasteiger partial charge is 0.263 e. The maximum atomic E-state index is 12.3. The molecule has 1 fully saturated rings. The maximum Gasteiger partial charge on any atom is 0.263 e. The van der Waals surface area contributed by atoms with Gasteiger partial charge < -0.3 is 16.2 Å². The van der Waals surface area contributed by atoms with Crippen molar-refractivity contribution in [1.29, 1.82) is 0 Å². The molecule has 21 heavy (non-hydrogen) atoms. The lowest BCUT2D eigenvalue weighted by molar-refractivity contribution is 0.0885. The van der Waals surface area contributed by atoms with E-state index in [1.54, 1.807) is 12.4 Å². The van der Waals surface area contributed by atoms with E-state index in [0.29, 0.717) is 27.5 Å². The lowest BCUT2D eigenvalue weighted by Gasteiger charge is -2.26. The SMILES string of the molecule is Nc1c(C(=O)NCC2(CO)CCCC2)sc2nccnc12. The number of fused-ring (bicyclic) bond motifs is 1. The largest absolute Gasteiger partial charge is 0.396 e. The molecule has 3 rings (SSSR count). The number of aromatic nitrogens is 2. The molecule has 1 amide bonds. The third-order valence-corrected chi connectivity index (χ3v) is 5.29. The first-order valence-corrected chi connectivity index (χ1v) is 7.85. The van der Waals surface area contributed by atoms with Gasteiger partial charge in [0.1, 0.15) is 15.2 Å². The number of thiophene rings is 1. The molecule has 1 aliphatic rings.